The van der Waals surface area contributed by atoms with Crippen LogP contribution < -0.4 is 11.1 Å². The topological polar surface area (TPSA) is 72.2 Å². The van der Waals surface area contributed by atoms with Crippen molar-refractivity contribution in [2.24, 2.45) is 0 Å². The van der Waals surface area contributed by atoms with Crippen LogP contribution in [0.5, 0.6) is 0 Å². The molecule has 0 bridgehead atoms. The van der Waals surface area contributed by atoms with Crippen LogP contribution in [0.15, 0.2) is 12.1 Å². The summed E-state index contributed by atoms with van der Waals surface area (Å²) < 4.78 is 11.2. The molecule has 1 amide bonds. The Balaban J connectivity index is 2.56. The zero-order valence-corrected chi connectivity index (χ0v) is 12.9. The minimum absolute atomic E-state index is 0.207. The molecule has 0 spiro atoms. The maximum Gasteiger partial charge on any atom is 0.224 e. The number of amides is 1. The minimum atomic E-state index is -0.850. The summed E-state index contributed by atoms with van der Waals surface area (Å²) in [5.41, 5.74) is 6.37. The number of rotatable bonds is 6. The molecule has 0 saturated carbocycles. The number of halogens is 2. The van der Waals surface area contributed by atoms with Gasteiger partial charge in [-0.15, -0.1) is 0 Å². The number of hydrogen-bond acceptors (Lipinski definition) is 3. The van der Waals surface area contributed by atoms with Crippen LogP contribution in [0.4, 0.5) is 11.4 Å². The van der Waals surface area contributed by atoms with E-state index in [1.165, 1.54) is 12.1 Å². The normalized spacial score (nSPS) is 12.2. The van der Waals surface area contributed by atoms with Gasteiger partial charge in [0.1, 0.15) is 0 Å². The lowest BCUT2D eigenvalue weighted by molar-refractivity contribution is -0.116. The first kappa shape index (κ1) is 16.3. The largest absolute Gasteiger partial charge is 0.399 e. The van der Waals surface area contributed by atoms with Crippen molar-refractivity contribution in [3.8, 4) is 0 Å². The summed E-state index contributed by atoms with van der Waals surface area (Å²) in [7, 11) is -0.850. The van der Waals surface area contributed by atoms with Crippen LogP contribution in [-0.4, -0.2) is 21.6 Å². The summed E-state index contributed by atoms with van der Waals surface area (Å²) >= 11 is 11.9. The molecule has 1 aromatic carbocycles. The molecular formula is C12H16Cl2N2O2S. The highest BCUT2D eigenvalue weighted by Gasteiger charge is 2.11. The fraction of sp³-hybridized carbons (Fsp3) is 0.417. The van der Waals surface area contributed by atoms with Gasteiger partial charge >= 0.3 is 0 Å². The lowest BCUT2D eigenvalue weighted by Crippen LogP contribution is -2.13. The molecule has 19 heavy (non-hydrogen) atoms. The van der Waals surface area contributed by atoms with Crippen LogP contribution in [0.2, 0.25) is 10.0 Å². The van der Waals surface area contributed by atoms with E-state index in [4.69, 9.17) is 28.9 Å². The number of nitrogens with one attached hydrogen (secondary N) is 1. The van der Waals surface area contributed by atoms with Gasteiger partial charge in [0.25, 0.3) is 0 Å². The maximum atomic E-state index is 11.7. The first-order valence-electron chi connectivity index (χ1n) is 5.83. The minimum Gasteiger partial charge on any atom is -0.399 e. The monoisotopic (exact) mass is 322 g/mol. The molecule has 7 heteroatoms. The van der Waals surface area contributed by atoms with E-state index in [0.717, 1.165) is 0 Å². The molecule has 0 aliphatic rings. The van der Waals surface area contributed by atoms with E-state index in [-0.39, 0.29) is 12.3 Å². The van der Waals surface area contributed by atoms with Gasteiger partial charge < -0.3 is 11.1 Å². The van der Waals surface area contributed by atoms with Crippen molar-refractivity contribution in [2.45, 2.75) is 19.8 Å². The smallest absolute Gasteiger partial charge is 0.224 e. The van der Waals surface area contributed by atoms with Gasteiger partial charge in [-0.05, 0) is 18.6 Å². The third-order valence-corrected chi connectivity index (χ3v) is 4.41. The van der Waals surface area contributed by atoms with Gasteiger partial charge in [-0.25, -0.2) is 0 Å². The number of hydrogen-bond donors (Lipinski definition) is 2. The molecule has 1 unspecified atom stereocenters. The Bertz CT molecular complexity index is 472. The van der Waals surface area contributed by atoms with Gasteiger partial charge in [-0.3, -0.25) is 9.00 Å². The van der Waals surface area contributed by atoms with E-state index in [0.29, 0.717) is 39.3 Å². The fourth-order valence-corrected chi connectivity index (χ4v) is 2.81. The second-order valence-electron chi connectivity index (χ2n) is 3.94. The Morgan fingerprint density at radius 1 is 1.37 bits per heavy atom. The van der Waals surface area contributed by atoms with Crippen molar-refractivity contribution in [1.82, 2.24) is 0 Å². The summed E-state index contributed by atoms with van der Waals surface area (Å²) in [5.74, 6) is 0.923. The van der Waals surface area contributed by atoms with E-state index in [9.17, 15) is 9.00 Å². The number of benzene rings is 1. The van der Waals surface area contributed by atoms with Crippen molar-refractivity contribution >= 4 is 51.3 Å². The summed E-state index contributed by atoms with van der Waals surface area (Å²) in [6.07, 6.45) is 0.846. The van der Waals surface area contributed by atoms with Crippen LogP contribution in [0.1, 0.15) is 19.8 Å². The van der Waals surface area contributed by atoms with Gasteiger partial charge in [0.2, 0.25) is 5.91 Å². The van der Waals surface area contributed by atoms with E-state index in [2.05, 4.69) is 5.32 Å². The molecule has 0 aromatic heterocycles. The second kappa shape index (κ2) is 7.72. The average molecular weight is 323 g/mol. The molecule has 0 heterocycles. The van der Waals surface area contributed by atoms with Crippen molar-refractivity contribution in [1.29, 1.82) is 0 Å². The lowest BCUT2D eigenvalue weighted by atomic mass is 10.2. The van der Waals surface area contributed by atoms with Gasteiger partial charge in [0.05, 0.1) is 15.7 Å². The van der Waals surface area contributed by atoms with Crippen LogP contribution in [0.3, 0.4) is 0 Å². The molecular weight excluding hydrogens is 307 g/mol. The Kier molecular flexibility index (Phi) is 6.62. The van der Waals surface area contributed by atoms with Crippen LogP contribution >= 0.6 is 23.2 Å². The van der Waals surface area contributed by atoms with Crippen molar-refractivity contribution in [3.63, 3.8) is 0 Å². The van der Waals surface area contributed by atoms with Crippen LogP contribution in [-0.2, 0) is 15.6 Å². The molecule has 1 rings (SSSR count). The zero-order chi connectivity index (χ0) is 14.4. The molecule has 0 aliphatic carbocycles. The average Bonchev–Trinajstić information content (AvgIpc) is 2.33. The zero-order valence-electron chi connectivity index (χ0n) is 10.5. The molecule has 1 atom stereocenters. The number of carbonyl (C=O) groups is 1. The van der Waals surface area contributed by atoms with E-state index in [1.54, 1.807) is 0 Å². The lowest BCUT2D eigenvalue weighted by Gasteiger charge is -2.10. The van der Waals surface area contributed by atoms with Crippen molar-refractivity contribution in [2.75, 3.05) is 22.6 Å². The highest BCUT2D eigenvalue weighted by atomic mass is 35.5. The maximum absolute atomic E-state index is 11.7. The van der Waals surface area contributed by atoms with Crippen LogP contribution in [0.25, 0.3) is 0 Å². The van der Waals surface area contributed by atoms with Crippen molar-refractivity contribution in [3.05, 3.63) is 22.2 Å². The molecule has 3 N–H and O–H groups in total. The second-order valence-corrected chi connectivity index (χ2v) is 6.62. The summed E-state index contributed by atoms with van der Waals surface area (Å²) in [6, 6.07) is 3.05. The van der Waals surface area contributed by atoms with E-state index >= 15 is 0 Å². The molecule has 1 aromatic rings. The third kappa shape index (κ3) is 5.38. The van der Waals surface area contributed by atoms with Gasteiger partial charge in [0.15, 0.2) is 0 Å². The number of anilines is 2. The Morgan fingerprint density at radius 3 is 2.47 bits per heavy atom. The highest BCUT2D eigenvalue weighted by molar-refractivity contribution is 7.84. The number of nitrogens with two attached hydrogens (primary N) is 1. The summed E-state index contributed by atoms with van der Waals surface area (Å²) in [5, 5.41) is 3.24. The molecule has 106 valence electrons. The predicted molar refractivity (Wildman–Crippen MR) is 82.3 cm³/mol. The quantitative estimate of drug-likeness (QED) is 0.790. The Labute approximate surface area is 125 Å². The highest BCUT2D eigenvalue weighted by Crippen LogP contribution is 2.32. The fourth-order valence-electron chi connectivity index (χ4n) is 1.45. The van der Waals surface area contributed by atoms with Gasteiger partial charge in [-0.2, -0.15) is 0 Å². The first-order valence-corrected chi connectivity index (χ1v) is 8.07. The van der Waals surface area contributed by atoms with Crippen molar-refractivity contribution < 1.29 is 9.00 Å². The molecule has 0 radical (unpaired) electrons. The summed E-state index contributed by atoms with van der Waals surface area (Å²) in [6.45, 7) is 1.85. The predicted octanol–water partition coefficient (Wildman–Crippen LogP) is 3.06. The third-order valence-electron chi connectivity index (χ3n) is 2.43. The first-order chi connectivity index (χ1) is 8.93. The number of carbonyl (C=O) groups excluding carboxylic acids is 1. The molecule has 0 aliphatic heterocycles. The van der Waals surface area contributed by atoms with E-state index < -0.39 is 10.8 Å². The van der Waals surface area contributed by atoms with Gasteiger partial charge in [-0.1, -0.05) is 30.1 Å². The number of nitrogen functional groups attached to an aromatic ring is 1. The van der Waals surface area contributed by atoms with Crippen LogP contribution in [0, 0.1) is 0 Å². The molecule has 4 nitrogen and oxygen atoms in total. The van der Waals surface area contributed by atoms with E-state index in [1.807, 2.05) is 6.92 Å². The summed E-state index contributed by atoms with van der Waals surface area (Å²) in [4.78, 5) is 11.7. The Morgan fingerprint density at radius 2 is 1.95 bits per heavy atom. The Hall–Kier alpha value is -0.780. The molecule has 0 saturated heterocycles. The SMILES string of the molecule is CCS(=O)CCCC(=O)Nc1c(Cl)cc(N)cc1Cl. The van der Waals surface area contributed by atoms with Gasteiger partial charge in [0, 0.05) is 34.4 Å². The standard InChI is InChI=1S/C12H16Cl2N2O2S/c1-2-19(18)5-3-4-11(17)16-12-9(13)6-8(15)7-10(12)14/h6-7H,2-5,15H2,1H3,(H,16,17). The molecule has 0 fully saturated rings.